The van der Waals surface area contributed by atoms with Crippen molar-refractivity contribution in [2.24, 2.45) is 0 Å². The maximum atomic E-state index is 13.9. The summed E-state index contributed by atoms with van der Waals surface area (Å²) in [5.41, 5.74) is 4.18. The molecule has 0 spiro atoms. The van der Waals surface area contributed by atoms with Crippen LogP contribution < -0.4 is 4.90 Å². The first-order valence-corrected chi connectivity index (χ1v) is 12.9. The van der Waals surface area contributed by atoms with Crippen molar-refractivity contribution >= 4 is 44.2 Å². The van der Waals surface area contributed by atoms with Crippen LogP contribution in [0.2, 0.25) is 5.02 Å². The molecule has 4 nitrogen and oxygen atoms in total. The number of hydrogen-bond acceptors (Lipinski definition) is 4. The molecule has 5 rings (SSSR count). The second-order valence-corrected chi connectivity index (χ2v) is 10.2. The number of aryl methyl sites for hydroxylation is 1. The molecule has 0 bridgehead atoms. The highest BCUT2D eigenvalue weighted by atomic mass is 35.5. The highest BCUT2D eigenvalue weighted by Gasteiger charge is 2.29. The summed E-state index contributed by atoms with van der Waals surface area (Å²) in [7, 11) is 0. The Morgan fingerprint density at radius 3 is 2.41 bits per heavy atom. The Labute approximate surface area is 209 Å². The number of thiazole rings is 1. The summed E-state index contributed by atoms with van der Waals surface area (Å²) in [6, 6.07) is 24.3. The molecule has 1 aliphatic rings. The number of nitrogens with zero attached hydrogens (tertiary/aromatic N) is 2. The Hall–Kier alpha value is -2.73. The van der Waals surface area contributed by atoms with Gasteiger partial charge in [-0.2, -0.15) is 0 Å². The minimum atomic E-state index is -0.0348. The summed E-state index contributed by atoms with van der Waals surface area (Å²) in [6.07, 6.45) is 2.38. The molecule has 0 aliphatic carbocycles. The molecule has 6 heteroatoms. The van der Waals surface area contributed by atoms with E-state index in [1.165, 1.54) is 11.3 Å². The fourth-order valence-corrected chi connectivity index (χ4v) is 6.07. The third-order valence-corrected chi connectivity index (χ3v) is 7.61. The van der Waals surface area contributed by atoms with Crippen LogP contribution in [0.3, 0.4) is 0 Å². The number of benzene rings is 3. The summed E-state index contributed by atoms with van der Waals surface area (Å²) in [6.45, 7) is 3.27. The number of hydrogen-bond donors (Lipinski definition) is 0. The Balaban J connectivity index is 1.50. The van der Waals surface area contributed by atoms with Gasteiger partial charge in [-0.15, -0.1) is 0 Å². The molecule has 1 amide bonds. The van der Waals surface area contributed by atoms with Crippen LogP contribution in [0.4, 0.5) is 5.13 Å². The van der Waals surface area contributed by atoms with Crippen LogP contribution in [0.1, 0.15) is 41.9 Å². The highest BCUT2D eigenvalue weighted by molar-refractivity contribution is 7.22. The SMILES string of the molecule is Cc1cc(Cl)cc2sc(N(CC3CCCO3)C(=O)CC(c3ccccc3)c3ccccc3)nc12. The van der Waals surface area contributed by atoms with Crippen LogP contribution in [-0.4, -0.2) is 30.1 Å². The molecular weight excluding hydrogens is 464 g/mol. The first-order chi connectivity index (χ1) is 16.6. The number of halogens is 1. The lowest BCUT2D eigenvalue weighted by atomic mass is 9.88. The Morgan fingerprint density at radius 1 is 1.12 bits per heavy atom. The van der Waals surface area contributed by atoms with Crippen molar-refractivity contribution in [3.63, 3.8) is 0 Å². The first-order valence-electron chi connectivity index (χ1n) is 11.7. The van der Waals surface area contributed by atoms with Crippen molar-refractivity contribution in [1.29, 1.82) is 0 Å². The summed E-state index contributed by atoms with van der Waals surface area (Å²) < 4.78 is 6.90. The maximum Gasteiger partial charge on any atom is 0.229 e. The molecule has 1 aromatic heterocycles. The van der Waals surface area contributed by atoms with Crippen LogP contribution in [-0.2, 0) is 9.53 Å². The second kappa shape index (κ2) is 10.3. The number of amides is 1. The monoisotopic (exact) mass is 490 g/mol. The van der Waals surface area contributed by atoms with Crippen LogP contribution >= 0.6 is 22.9 Å². The van der Waals surface area contributed by atoms with Gasteiger partial charge in [-0.25, -0.2) is 4.98 Å². The number of carbonyl (C=O) groups excluding carboxylic acids is 1. The fourth-order valence-electron chi connectivity index (χ4n) is 4.62. The third kappa shape index (κ3) is 5.02. The zero-order valence-corrected chi connectivity index (χ0v) is 20.7. The van der Waals surface area contributed by atoms with Crippen LogP contribution in [0.15, 0.2) is 72.8 Å². The molecule has 1 aliphatic heterocycles. The topological polar surface area (TPSA) is 42.4 Å². The number of ether oxygens (including phenoxy) is 1. The van der Waals surface area contributed by atoms with E-state index in [0.717, 1.165) is 46.4 Å². The van der Waals surface area contributed by atoms with Crippen LogP contribution in [0.25, 0.3) is 10.2 Å². The van der Waals surface area contributed by atoms with Crippen molar-refractivity contribution in [1.82, 2.24) is 4.98 Å². The summed E-state index contributed by atoms with van der Waals surface area (Å²) >= 11 is 7.81. The Morgan fingerprint density at radius 2 is 1.79 bits per heavy atom. The lowest BCUT2D eigenvalue weighted by Crippen LogP contribution is -2.38. The summed E-state index contributed by atoms with van der Waals surface area (Å²) in [4.78, 5) is 20.6. The van der Waals surface area contributed by atoms with E-state index in [4.69, 9.17) is 21.3 Å². The molecule has 34 heavy (non-hydrogen) atoms. The number of anilines is 1. The van der Waals surface area contributed by atoms with Gasteiger partial charge in [0.2, 0.25) is 5.91 Å². The molecule has 1 atom stereocenters. The molecule has 0 N–H and O–H groups in total. The Bertz CT molecular complexity index is 1230. The van der Waals surface area contributed by atoms with E-state index in [-0.39, 0.29) is 17.9 Å². The van der Waals surface area contributed by atoms with Crippen LogP contribution in [0.5, 0.6) is 0 Å². The van der Waals surface area contributed by atoms with E-state index in [1.54, 1.807) is 0 Å². The van der Waals surface area contributed by atoms with E-state index in [2.05, 4.69) is 24.3 Å². The quantitative estimate of drug-likeness (QED) is 0.280. The fraction of sp³-hybridized carbons (Fsp3) is 0.286. The van der Waals surface area contributed by atoms with Gasteiger partial charge in [0.05, 0.1) is 22.9 Å². The number of fused-ring (bicyclic) bond motifs is 1. The normalized spacial score (nSPS) is 15.8. The maximum absolute atomic E-state index is 13.9. The smallest absolute Gasteiger partial charge is 0.229 e. The minimum Gasteiger partial charge on any atom is -0.376 e. The van der Waals surface area contributed by atoms with Gasteiger partial charge in [0.15, 0.2) is 5.13 Å². The van der Waals surface area contributed by atoms with E-state index in [9.17, 15) is 4.79 Å². The molecule has 1 saturated heterocycles. The van der Waals surface area contributed by atoms with Crippen molar-refractivity contribution in [3.8, 4) is 0 Å². The van der Waals surface area contributed by atoms with Crippen molar-refractivity contribution in [3.05, 3.63) is 94.5 Å². The number of carbonyl (C=O) groups is 1. The van der Waals surface area contributed by atoms with Crippen molar-refractivity contribution in [2.45, 2.75) is 38.2 Å². The standard InChI is InChI=1S/C28H27ClN2O2S/c1-19-15-22(29)16-25-27(19)30-28(34-25)31(18-23-13-8-14-33-23)26(32)17-24(20-9-4-2-5-10-20)21-11-6-3-7-12-21/h2-7,9-12,15-16,23-24H,8,13-14,17-18H2,1H3. The molecular formula is C28H27ClN2O2S. The Kier molecular flexibility index (Phi) is 6.95. The summed E-state index contributed by atoms with van der Waals surface area (Å²) in [5, 5.41) is 1.39. The second-order valence-electron chi connectivity index (χ2n) is 8.78. The van der Waals surface area contributed by atoms with Crippen molar-refractivity contribution < 1.29 is 9.53 Å². The van der Waals surface area contributed by atoms with Gasteiger partial charge in [0, 0.05) is 24.0 Å². The minimum absolute atomic E-state index is 0.0348. The van der Waals surface area contributed by atoms with Crippen LogP contribution in [0, 0.1) is 6.92 Å². The van der Waals surface area contributed by atoms with E-state index < -0.39 is 0 Å². The third-order valence-electron chi connectivity index (χ3n) is 6.36. The lowest BCUT2D eigenvalue weighted by molar-refractivity contribution is -0.119. The largest absolute Gasteiger partial charge is 0.376 e. The first kappa shape index (κ1) is 23.0. The highest BCUT2D eigenvalue weighted by Crippen LogP contribution is 2.35. The van der Waals surface area contributed by atoms with Gasteiger partial charge >= 0.3 is 0 Å². The average molecular weight is 491 g/mol. The molecule has 1 unspecified atom stereocenters. The van der Waals surface area contributed by atoms with E-state index in [1.807, 2.05) is 60.4 Å². The average Bonchev–Trinajstić information content (AvgIpc) is 3.52. The molecule has 1 fully saturated rings. The zero-order valence-electron chi connectivity index (χ0n) is 19.1. The number of rotatable bonds is 7. The van der Waals surface area contributed by atoms with Gasteiger partial charge in [0.1, 0.15) is 0 Å². The molecule has 4 aromatic rings. The number of aromatic nitrogens is 1. The van der Waals surface area contributed by atoms with E-state index in [0.29, 0.717) is 23.1 Å². The molecule has 3 aromatic carbocycles. The predicted octanol–water partition coefficient (Wildman–Crippen LogP) is 6.99. The van der Waals surface area contributed by atoms with Gasteiger partial charge in [0.25, 0.3) is 0 Å². The molecule has 0 saturated carbocycles. The molecule has 0 radical (unpaired) electrons. The van der Waals surface area contributed by atoms with Gasteiger partial charge in [-0.05, 0) is 48.6 Å². The lowest BCUT2D eigenvalue weighted by Gasteiger charge is -2.26. The predicted molar refractivity (Wildman–Crippen MR) is 140 cm³/mol. The van der Waals surface area contributed by atoms with E-state index >= 15 is 0 Å². The van der Waals surface area contributed by atoms with Gasteiger partial charge in [-0.1, -0.05) is 83.6 Å². The zero-order chi connectivity index (χ0) is 23.5. The summed E-state index contributed by atoms with van der Waals surface area (Å²) in [5.74, 6) is 0.0171. The van der Waals surface area contributed by atoms with Crippen molar-refractivity contribution in [2.75, 3.05) is 18.1 Å². The van der Waals surface area contributed by atoms with Gasteiger partial charge < -0.3 is 4.74 Å². The molecule has 174 valence electrons. The van der Waals surface area contributed by atoms with Gasteiger partial charge in [-0.3, -0.25) is 9.69 Å². The molecule has 2 heterocycles.